The molecule has 3 nitrogen and oxygen atoms in total. The first-order valence-electron chi connectivity index (χ1n) is 6.11. The fraction of sp³-hybridized carbons (Fsp3) is 0.143. The Kier molecular flexibility index (Phi) is 4.14. The van der Waals surface area contributed by atoms with Crippen LogP contribution in [0.5, 0.6) is 0 Å². The van der Waals surface area contributed by atoms with Crippen molar-refractivity contribution in [1.29, 1.82) is 0 Å². The monoisotopic (exact) mass is 403 g/mol. The van der Waals surface area contributed by atoms with Crippen molar-refractivity contribution in [3.63, 3.8) is 0 Å². The third kappa shape index (κ3) is 2.78. The summed E-state index contributed by atoms with van der Waals surface area (Å²) in [6, 6.07) is 7.38. The molecule has 2 aromatic heterocycles. The summed E-state index contributed by atoms with van der Waals surface area (Å²) < 4.78 is 2.70. The molecule has 3 rings (SSSR count). The maximum Gasteiger partial charge on any atom is 0.164 e. The Bertz CT molecular complexity index is 830. The van der Waals surface area contributed by atoms with E-state index in [-0.39, 0.29) is 5.38 Å². The van der Waals surface area contributed by atoms with Gasteiger partial charge in [0.05, 0.1) is 21.1 Å². The third-order valence-electron chi connectivity index (χ3n) is 3.01. The smallest absolute Gasteiger partial charge is 0.164 e. The highest BCUT2D eigenvalue weighted by atomic mass is 79.9. The van der Waals surface area contributed by atoms with Gasteiger partial charge in [-0.3, -0.25) is 4.57 Å². The van der Waals surface area contributed by atoms with Crippen molar-refractivity contribution >= 4 is 61.9 Å². The molecule has 2 heterocycles. The lowest BCUT2D eigenvalue weighted by Crippen LogP contribution is -2.02. The molecule has 0 amide bonds. The van der Waals surface area contributed by atoms with Gasteiger partial charge in [-0.1, -0.05) is 23.2 Å². The van der Waals surface area contributed by atoms with Crippen LogP contribution in [0.3, 0.4) is 0 Å². The summed E-state index contributed by atoms with van der Waals surface area (Å²) in [7, 11) is 0. The Morgan fingerprint density at radius 2 is 2.00 bits per heavy atom. The zero-order valence-electron chi connectivity index (χ0n) is 10.8. The van der Waals surface area contributed by atoms with Gasteiger partial charge >= 0.3 is 0 Å². The minimum Gasteiger partial charge on any atom is -0.279 e. The molecule has 0 spiro atoms. The molecule has 0 bridgehead atoms. The number of alkyl halides is 1. The van der Waals surface area contributed by atoms with Gasteiger partial charge in [-0.2, -0.15) is 0 Å². The minimum atomic E-state index is -0.271. The predicted octanol–water partition coefficient (Wildman–Crippen LogP) is 5.79. The Labute approximate surface area is 145 Å². The molecule has 108 valence electrons. The minimum absolute atomic E-state index is 0.271. The van der Waals surface area contributed by atoms with E-state index in [1.54, 1.807) is 12.3 Å². The molecule has 7 heteroatoms. The molecule has 0 aliphatic heterocycles. The fourth-order valence-electron chi connectivity index (χ4n) is 2.10. The normalized spacial score (nSPS) is 12.8. The zero-order valence-corrected chi connectivity index (χ0v) is 14.7. The van der Waals surface area contributed by atoms with Gasteiger partial charge in [0.2, 0.25) is 0 Å². The predicted molar refractivity (Wildman–Crippen MR) is 90.9 cm³/mol. The van der Waals surface area contributed by atoms with Crippen LogP contribution in [-0.2, 0) is 0 Å². The summed E-state index contributed by atoms with van der Waals surface area (Å²) in [5.41, 5.74) is 2.29. The summed E-state index contributed by atoms with van der Waals surface area (Å²) in [4.78, 5) is 8.91. The number of aromatic nitrogens is 3. The summed E-state index contributed by atoms with van der Waals surface area (Å²) >= 11 is 21.7. The maximum atomic E-state index is 6.26. The molecule has 0 N–H and O–H groups in total. The first-order valence-corrected chi connectivity index (χ1v) is 8.09. The Morgan fingerprint density at radius 1 is 1.24 bits per heavy atom. The quantitative estimate of drug-likeness (QED) is 0.505. The van der Waals surface area contributed by atoms with E-state index >= 15 is 0 Å². The van der Waals surface area contributed by atoms with E-state index in [4.69, 9.17) is 34.8 Å². The second kappa shape index (κ2) is 5.76. The SMILES string of the molecule is CC(Cl)c1nc2cc(Cl)cnc2n1-c1ccc(Cl)c(Br)c1. The number of hydrogen-bond acceptors (Lipinski definition) is 2. The largest absolute Gasteiger partial charge is 0.279 e. The number of benzene rings is 1. The van der Waals surface area contributed by atoms with Crippen LogP contribution in [0.4, 0.5) is 0 Å². The fourth-order valence-corrected chi connectivity index (χ4v) is 2.89. The lowest BCUT2D eigenvalue weighted by Gasteiger charge is -2.11. The van der Waals surface area contributed by atoms with Crippen molar-refractivity contribution in [1.82, 2.24) is 14.5 Å². The van der Waals surface area contributed by atoms with Crippen LogP contribution in [-0.4, -0.2) is 14.5 Å². The van der Waals surface area contributed by atoms with Gasteiger partial charge in [0, 0.05) is 10.7 Å². The number of imidazole rings is 1. The van der Waals surface area contributed by atoms with Crippen molar-refractivity contribution in [2.75, 3.05) is 0 Å². The van der Waals surface area contributed by atoms with Crippen LogP contribution in [0, 0.1) is 0 Å². The van der Waals surface area contributed by atoms with E-state index in [1.807, 2.05) is 29.7 Å². The van der Waals surface area contributed by atoms with Crippen LogP contribution < -0.4 is 0 Å². The summed E-state index contributed by atoms with van der Waals surface area (Å²) in [6.07, 6.45) is 1.59. The highest BCUT2D eigenvalue weighted by Gasteiger charge is 2.18. The van der Waals surface area contributed by atoms with E-state index in [1.165, 1.54) is 0 Å². The number of hydrogen-bond donors (Lipinski definition) is 0. The van der Waals surface area contributed by atoms with Gasteiger partial charge in [0.15, 0.2) is 5.65 Å². The van der Waals surface area contributed by atoms with E-state index in [0.717, 1.165) is 10.2 Å². The van der Waals surface area contributed by atoms with Gasteiger partial charge in [0.1, 0.15) is 11.3 Å². The highest BCUT2D eigenvalue weighted by molar-refractivity contribution is 9.10. The number of fused-ring (bicyclic) bond motifs is 1. The molecule has 1 atom stereocenters. The van der Waals surface area contributed by atoms with Crippen molar-refractivity contribution in [2.45, 2.75) is 12.3 Å². The Balaban J connectivity index is 2.33. The topological polar surface area (TPSA) is 30.7 Å². The Hall–Kier alpha value is -0.810. The van der Waals surface area contributed by atoms with Gasteiger partial charge in [-0.05, 0) is 47.1 Å². The average Bonchev–Trinajstić information content (AvgIpc) is 2.80. The van der Waals surface area contributed by atoms with Crippen LogP contribution in [0.1, 0.15) is 18.1 Å². The van der Waals surface area contributed by atoms with Crippen LogP contribution in [0.15, 0.2) is 34.9 Å². The van der Waals surface area contributed by atoms with E-state index in [9.17, 15) is 0 Å². The highest BCUT2D eigenvalue weighted by Crippen LogP contribution is 2.31. The Morgan fingerprint density at radius 3 is 2.67 bits per heavy atom. The van der Waals surface area contributed by atoms with Gasteiger partial charge < -0.3 is 0 Å². The molecule has 0 aliphatic carbocycles. The molecule has 0 fully saturated rings. The van der Waals surface area contributed by atoms with Gasteiger partial charge in [-0.15, -0.1) is 11.6 Å². The van der Waals surface area contributed by atoms with Crippen molar-refractivity contribution in [3.05, 3.63) is 50.8 Å². The molecule has 1 unspecified atom stereocenters. The second-order valence-corrected chi connectivity index (χ2v) is 6.87. The molecule has 0 aliphatic rings. The van der Waals surface area contributed by atoms with Crippen LogP contribution in [0.2, 0.25) is 10.0 Å². The first kappa shape index (κ1) is 15.1. The maximum absolute atomic E-state index is 6.26. The molecule has 21 heavy (non-hydrogen) atoms. The number of pyridine rings is 1. The van der Waals surface area contributed by atoms with E-state index < -0.39 is 0 Å². The summed E-state index contributed by atoms with van der Waals surface area (Å²) in [6.45, 7) is 1.87. The standard InChI is InChI=1S/C14H9BrCl3N3/c1-7(16)13-20-12-4-8(17)6-19-14(12)21(13)9-2-3-11(18)10(15)5-9/h2-7H,1H3. The average molecular weight is 406 g/mol. The first-order chi connectivity index (χ1) is 9.97. The van der Waals surface area contributed by atoms with Gasteiger partial charge in [0.25, 0.3) is 0 Å². The summed E-state index contributed by atoms with van der Waals surface area (Å²) in [5.74, 6) is 0.704. The molecule has 0 saturated heterocycles. The van der Waals surface area contributed by atoms with Crippen molar-refractivity contribution in [2.24, 2.45) is 0 Å². The zero-order chi connectivity index (χ0) is 15.1. The number of halogens is 4. The van der Waals surface area contributed by atoms with Gasteiger partial charge in [-0.25, -0.2) is 9.97 Å². The molecule has 0 radical (unpaired) electrons. The van der Waals surface area contributed by atoms with Crippen molar-refractivity contribution < 1.29 is 0 Å². The van der Waals surface area contributed by atoms with Crippen LogP contribution >= 0.6 is 50.7 Å². The van der Waals surface area contributed by atoms with Crippen molar-refractivity contribution in [3.8, 4) is 5.69 Å². The third-order valence-corrected chi connectivity index (χ3v) is 4.62. The van der Waals surface area contributed by atoms with Crippen LogP contribution in [0.25, 0.3) is 16.9 Å². The molecule has 1 aromatic carbocycles. The molecule has 3 aromatic rings. The van der Waals surface area contributed by atoms with E-state index in [2.05, 4.69) is 25.9 Å². The lowest BCUT2D eigenvalue weighted by atomic mass is 10.3. The molecule has 0 saturated carbocycles. The summed E-state index contributed by atoms with van der Waals surface area (Å²) in [5, 5.41) is 0.908. The second-order valence-electron chi connectivity index (χ2n) is 4.52. The molecular formula is C14H9BrCl3N3. The number of rotatable bonds is 2. The van der Waals surface area contributed by atoms with E-state index in [0.29, 0.717) is 27.0 Å². The number of nitrogens with zero attached hydrogens (tertiary/aromatic N) is 3. The lowest BCUT2D eigenvalue weighted by molar-refractivity contribution is 0.876. The molecular weight excluding hydrogens is 396 g/mol.